The van der Waals surface area contributed by atoms with Crippen molar-refractivity contribution in [3.8, 4) is 6.07 Å². The van der Waals surface area contributed by atoms with Gasteiger partial charge in [-0.15, -0.1) is 0 Å². The van der Waals surface area contributed by atoms with Crippen molar-refractivity contribution in [3.63, 3.8) is 0 Å². The first-order chi connectivity index (χ1) is 10.2. The van der Waals surface area contributed by atoms with Gasteiger partial charge in [0.05, 0.1) is 17.7 Å². The average Bonchev–Trinajstić information content (AvgIpc) is 2.89. The number of hydrogen-bond donors (Lipinski definition) is 1. The van der Waals surface area contributed by atoms with Crippen LogP contribution < -0.4 is 4.90 Å². The highest BCUT2D eigenvalue weighted by Gasteiger charge is 2.22. The number of rotatable bonds is 3. The van der Waals surface area contributed by atoms with E-state index in [0.29, 0.717) is 12.1 Å². The molecule has 3 nitrogen and oxygen atoms in total. The number of fused-ring (bicyclic) bond motifs is 1. The van der Waals surface area contributed by atoms with Gasteiger partial charge in [0.2, 0.25) is 0 Å². The highest BCUT2D eigenvalue weighted by Crippen LogP contribution is 2.30. The van der Waals surface area contributed by atoms with Crippen molar-refractivity contribution in [3.05, 3.63) is 65.0 Å². The summed E-state index contributed by atoms with van der Waals surface area (Å²) in [4.78, 5) is 2.00. The largest absolute Gasteiger partial charge is 0.387 e. The molecule has 1 aliphatic heterocycles. The Balaban J connectivity index is 1.76. The van der Waals surface area contributed by atoms with E-state index in [0.717, 1.165) is 29.8 Å². The van der Waals surface area contributed by atoms with Crippen molar-refractivity contribution >= 4 is 5.69 Å². The van der Waals surface area contributed by atoms with Gasteiger partial charge >= 0.3 is 0 Å². The average molecular weight is 282 g/mol. The Labute approximate surface area is 122 Å². The quantitative estimate of drug-likeness (QED) is 0.941. The van der Waals surface area contributed by atoms with E-state index in [4.69, 9.17) is 5.26 Å². The second kappa shape index (κ2) is 5.55. The van der Waals surface area contributed by atoms with Crippen LogP contribution in [0.2, 0.25) is 0 Å². The van der Waals surface area contributed by atoms with Crippen LogP contribution in [-0.2, 0) is 6.42 Å². The van der Waals surface area contributed by atoms with E-state index in [1.54, 1.807) is 30.3 Å². The molecular formula is C17H15FN2O. The fourth-order valence-electron chi connectivity index (χ4n) is 2.70. The summed E-state index contributed by atoms with van der Waals surface area (Å²) >= 11 is 0. The van der Waals surface area contributed by atoms with Gasteiger partial charge in [-0.1, -0.05) is 18.2 Å². The second-order valence-electron chi connectivity index (χ2n) is 5.22. The van der Waals surface area contributed by atoms with Gasteiger partial charge in [-0.25, -0.2) is 4.39 Å². The van der Waals surface area contributed by atoms with Gasteiger partial charge in [-0.3, -0.25) is 0 Å². The Morgan fingerprint density at radius 3 is 2.71 bits per heavy atom. The van der Waals surface area contributed by atoms with Crippen LogP contribution in [0.15, 0.2) is 42.5 Å². The summed E-state index contributed by atoms with van der Waals surface area (Å²) in [7, 11) is 0. The van der Waals surface area contributed by atoms with E-state index >= 15 is 0 Å². The fraction of sp³-hybridized carbons (Fsp3) is 0.235. The predicted octanol–water partition coefficient (Wildman–Crippen LogP) is 2.79. The minimum atomic E-state index is -0.660. The van der Waals surface area contributed by atoms with E-state index in [1.807, 2.05) is 4.90 Å². The van der Waals surface area contributed by atoms with Crippen molar-refractivity contribution in [2.75, 3.05) is 18.0 Å². The van der Waals surface area contributed by atoms with E-state index in [9.17, 15) is 9.50 Å². The second-order valence-corrected chi connectivity index (χ2v) is 5.22. The van der Waals surface area contributed by atoms with Gasteiger partial charge in [0.1, 0.15) is 5.82 Å². The molecule has 0 saturated heterocycles. The zero-order valence-electron chi connectivity index (χ0n) is 11.5. The molecule has 0 spiro atoms. The topological polar surface area (TPSA) is 47.3 Å². The molecule has 0 radical (unpaired) electrons. The Bertz CT molecular complexity index is 691. The van der Waals surface area contributed by atoms with Crippen LogP contribution in [0.25, 0.3) is 0 Å². The molecule has 3 rings (SSSR count). The molecule has 21 heavy (non-hydrogen) atoms. The summed E-state index contributed by atoms with van der Waals surface area (Å²) in [5, 5.41) is 19.1. The molecular weight excluding hydrogens is 267 g/mol. The number of nitrogens with zero attached hydrogens (tertiary/aromatic N) is 2. The molecule has 0 bridgehead atoms. The van der Waals surface area contributed by atoms with Crippen LogP contribution in [0.3, 0.4) is 0 Å². The Kier molecular flexibility index (Phi) is 3.59. The lowest BCUT2D eigenvalue weighted by Gasteiger charge is -2.23. The molecule has 0 fully saturated rings. The van der Waals surface area contributed by atoms with Crippen LogP contribution >= 0.6 is 0 Å². The van der Waals surface area contributed by atoms with E-state index in [1.165, 1.54) is 12.1 Å². The molecule has 1 aliphatic rings. The predicted molar refractivity (Wildman–Crippen MR) is 78.4 cm³/mol. The van der Waals surface area contributed by atoms with Crippen molar-refractivity contribution in [1.29, 1.82) is 5.26 Å². The zero-order chi connectivity index (χ0) is 14.8. The minimum Gasteiger partial charge on any atom is -0.387 e. The molecule has 2 aromatic carbocycles. The van der Waals surface area contributed by atoms with Gasteiger partial charge in [-0.05, 0) is 41.8 Å². The summed E-state index contributed by atoms with van der Waals surface area (Å²) in [5.41, 5.74) is 3.31. The van der Waals surface area contributed by atoms with E-state index < -0.39 is 6.10 Å². The van der Waals surface area contributed by atoms with Crippen molar-refractivity contribution < 1.29 is 9.50 Å². The third kappa shape index (κ3) is 2.74. The number of halogens is 1. The number of β-amino-alcohol motifs (C(OH)–C–C–N with tert-alkyl or cyclic N) is 1. The molecule has 0 aromatic heterocycles. The number of aliphatic hydroxyl groups excluding tert-OH is 1. The minimum absolute atomic E-state index is 0.256. The molecule has 1 atom stereocenters. The lowest BCUT2D eigenvalue weighted by molar-refractivity contribution is 0.184. The first-order valence-corrected chi connectivity index (χ1v) is 6.89. The van der Waals surface area contributed by atoms with Crippen LogP contribution in [0.1, 0.15) is 22.8 Å². The number of aliphatic hydroxyl groups is 1. The van der Waals surface area contributed by atoms with Gasteiger partial charge in [0, 0.05) is 18.8 Å². The first-order valence-electron chi connectivity index (χ1n) is 6.89. The normalized spacial score (nSPS) is 14.6. The Hall–Kier alpha value is -2.38. The maximum absolute atomic E-state index is 13.4. The van der Waals surface area contributed by atoms with E-state index in [-0.39, 0.29) is 5.82 Å². The standard InChI is InChI=1S/C17H15FN2O/c18-15-6-5-13-7-8-20(16(13)9-15)11-17(21)14-3-1-12(10-19)2-4-14/h1-6,9,17,21H,7-8,11H2. The molecule has 2 aromatic rings. The summed E-state index contributed by atoms with van der Waals surface area (Å²) < 4.78 is 13.4. The van der Waals surface area contributed by atoms with Crippen LogP contribution in [0, 0.1) is 17.1 Å². The third-order valence-electron chi connectivity index (χ3n) is 3.86. The molecule has 4 heteroatoms. The van der Waals surface area contributed by atoms with Gasteiger partial charge in [0.15, 0.2) is 0 Å². The van der Waals surface area contributed by atoms with Crippen LogP contribution in [0.4, 0.5) is 10.1 Å². The van der Waals surface area contributed by atoms with E-state index in [2.05, 4.69) is 6.07 Å². The lowest BCUT2D eigenvalue weighted by Crippen LogP contribution is -2.26. The third-order valence-corrected chi connectivity index (χ3v) is 3.86. The molecule has 0 saturated carbocycles. The monoisotopic (exact) mass is 282 g/mol. The Morgan fingerprint density at radius 1 is 1.24 bits per heavy atom. The molecule has 0 amide bonds. The molecule has 1 unspecified atom stereocenters. The van der Waals surface area contributed by atoms with Gasteiger partial charge < -0.3 is 10.0 Å². The van der Waals surface area contributed by atoms with Crippen molar-refractivity contribution in [1.82, 2.24) is 0 Å². The zero-order valence-corrected chi connectivity index (χ0v) is 11.5. The summed E-state index contributed by atoms with van der Waals surface area (Å²) in [6.45, 7) is 1.20. The maximum atomic E-state index is 13.4. The first kappa shape index (κ1) is 13.6. The smallest absolute Gasteiger partial charge is 0.125 e. The summed E-state index contributed by atoms with van der Waals surface area (Å²) in [6.07, 6.45) is 0.211. The SMILES string of the molecule is N#Cc1ccc(C(O)CN2CCc3ccc(F)cc32)cc1. The summed E-state index contributed by atoms with van der Waals surface area (Å²) in [6, 6.07) is 13.7. The van der Waals surface area contributed by atoms with Crippen molar-refractivity contribution in [2.24, 2.45) is 0 Å². The highest BCUT2D eigenvalue weighted by atomic mass is 19.1. The molecule has 0 aliphatic carbocycles. The number of nitriles is 1. The number of anilines is 1. The lowest BCUT2D eigenvalue weighted by atomic mass is 10.1. The molecule has 1 heterocycles. The Morgan fingerprint density at radius 2 is 2.00 bits per heavy atom. The maximum Gasteiger partial charge on any atom is 0.125 e. The van der Waals surface area contributed by atoms with Crippen molar-refractivity contribution in [2.45, 2.75) is 12.5 Å². The molecule has 1 N–H and O–H groups in total. The van der Waals surface area contributed by atoms with Crippen LogP contribution in [-0.4, -0.2) is 18.2 Å². The highest BCUT2D eigenvalue weighted by molar-refractivity contribution is 5.58. The number of hydrogen-bond acceptors (Lipinski definition) is 3. The summed E-state index contributed by atoms with van der Waals surface area (Å²) in [5.74, 6) is -0.256. The van der Waals surface area contributed by atoms with Crippen LogP contribution in [0.5, 0.6) is 0 Å². The van der Waals surface area contributed by atoms with Gasteiger partial charge in [-0.2, -0.15) is 5.26 Å². The molecule has 106 valence electrons. The number of benzene rings is 2. The fourth-order valence-corrected chi connectivity index (χ4v) is 2.70. The van der Waals surface area contributed by atoms with Gasteiger partial charge in [0.25, 0.3) is 0 Å².